The molecular formula is C43H71N3O5S. The molecule has 1 heterocycles. The van der Waals surface area contributed by atoms with Crippen LogP contribution in [0.5, 0.6) is 0 Å². The summed E-state index contributed by atoms with van der Waals surface area (Å²) in [5.74, 6) is 0.778. The Hall–Kier alpha value is -3.43. The average Bonchev–Trinajstić information content (AvgIpc) is 3.71. The molecule has 1 aromatic heterocycles. The van der Waals surface area contributed by atoms with E-state index in [2.05, 4.69) is 86.9 Å². The number of fused-ring (bicyclic) bond motifs is 1. The lowest BCUT2D eigenvalue weighted by Crippen LogP contribution is -2.32. The molecule has 0 amide bonds. The topological polar surface area (TPSA) is 110 Å². The fourth-order valence-corrected chi connectivity index (χ4v) is 6.05. The second-order valence-electron chi connectivity index (χ2n) is 15.2. The van der Waals surface area contributed by atoms with Gasteiger partial charge in [0.2, 0.25) is 10.0 Å². The van der Waals surface area contributed by atoms with Gasteiger partial charge < -0.3 is 14.6 Å². The molecule has 9 heteroatoms. The predicted molar refractivity (Wildman–Crippen MR) is 223 cm³/mol. The number of sulfonamides is 1. The van der Waals surface area contributed by atoms with Crippen molar-refractivity contribution in [3.05, 3.63) is 73.3 Å². The van der Waals surface area contributed by atoms with E-state index >= 15 is 0 Å². The van der Waals surface area contributed by atoms with Gasteiger partial charge >= 0.3 is 5.97 Å². The molecule has 2 aromatic carbocycles. The number of carbonyl (C=O) groups excluding carboxylic acids is 1. The van der Waals surface area contributed by atoms with Gasteiger partial charge in [-0.1, -0.05) is 110 Å². The van der Waals surface area contributed by atoms with Crippen molar-refractivity contribution in [1.29, 1.82) is 0 Å². The van der Waals surface area contributed by atoms with Crippen molar-refractivity contribution in [3.8, 4) is 11.3 Å². The number of H-pyrrole nitrogens is 1. The van der Waals surface area contributed by atoms with Gasteiger partial charge in [0.05, 0.1) is 23.1 Å². The highest BCUT2D eigenvalue weighted by molar-refractivity contribution is 7.90. The van der Waals surface area contributed by atoms with Crippen LogP contribution in [-0.4, -0.2) is 49.1 Å². The van der Waals surface area contributed by atoms with Crippen LogP contribution in [0.1, 0.15) is 128 Å². The summed E-state index contributed by atoms with van der Waals surface area (Å²) in [5, 5.41) is 5.16. The summed E-state index contributed by atoms with van der Waals surface area (Å²) in [6, 6.07) is 18.5. The molecule has 0 unspecified atom stereocenters. The molecule has 0 saturated heterocycles. The lowest BCUT2D eigenvalue weighted by atomic mass is 9.84. The highest BCUT2D eigenvalue weighted by Gasteiger charge is 2.35. The lowest BCUT2D eigenvalue weighted by molar-refractivity contribution is -0.152. The van der Waals surface area contributed by atoms with E-state index in [1.807, 2.05) is 71.9 Å². The first-order chi connectivity index (χ1) is 23.9. The van der Waals surface area contributed by atoms with Crippen molar-refractivity contribution in [2.24, 2.45) is 22.4 Å². The van der Waals surface area contributed by atoms with E-state index in [0.717, 1.165) is 59.3 Å². The van der Waals surface area contributed by atoms with Crippen LogP contribution in [0, 0.1) is 17.3 Å². The molecule has 52 heavy (non-hydrogen) atoms. The number of ether oxygens (including phenoxy) is 1. The molecule has 2 aliphatic carbocycles. The van der Waals surface area contributed by atoms with Gasteiger partial charge in [0.1, 0.15) is 12.2 Å². The number of rotatable bonds is 9. The molecule has 2 fully saturated rings. The number of para-hydroxylation sites is 1. The van der Waals surface area contributed by atoms with E-state index in [-0.39, 0.29) is 42.8 Å². The molecule has 2 aliphatic rings. The third-order valence-electron chi connectivity index (χ3n) is 8.41. The zero-order valence-corrected chi connectivity index (χ0v) is 34.1. The van der Waals surface area contributed by atoms with E-state index < -0.39 is 10.0 Å². The van der Waals surface area contributed by atoms with Crippen molar-refractivity contribution in [1.82, 2.24) is 9.71 Å². The Morgan fingerprint density at radius 2 is 1.40 bits per heavy atom. The Balaban J connectivity index is 0.000000715. The quantitative estimate of drug-likeness (QED) is 0.0982. The molecular weight excluding hydrogens is 671 g/mol. The fraction of sp³-hybridized carbons (Fsp3) is 0.581. The number of nitrogens with zero attached hydrogens (tertiary/aromatic N) is 1. The van der Waals surface area contributed by atoms with Crippen molar-refractivity contribution >= 4 is 33.1 Å². The molecule has 294 valence electrons. The van der Waals surface area contributed by atoms with Crippen LogP contribution in [0.3, 0.4) is 0 Å². The number of oxime groups is 1. The van der Waals surface area contributed by atoms with Gasteiger partial charge in [-0.3, -0.25) is 4.79 Å². The first kappa shape index (κ1) is 48.6. The minimum Gasteiger partial charge on any atom is -0.462 e. The molecule has 0 aliphatic heterocycles. The molecule has 2 N–H and O–H groups in total. The van der Waals surface area contributed by atoms with Gasteiger partial charge in [0.15, 0.2) is 0 Å². The minimum atomic E-state index is -2.94. The first-order valence-electron chi connectivity index (χ1n) is 18.5. The van der Waals surface area contributed by atoms with Crippen molar-refractivity contribution < 1.29 is 22.8 Å². The number of aromatic nitrogens is 1. The van der Waals surface area contributed by atoms with Crippen LogP contribution < -0.4 is 4.72 Å². The van der Waals surface area contributed by atoms with Crippen LogP contribution in [0.2, 0.25) is 0 Å². The minimum absolute atomic E-state index is 0. The highest BCUT2D eigenvalue weighted by atomic mass is 32.2. The zero-order chi connectivity index (χ0) is 38.8. The Morgan fingerprint density at radius 1 is 0.885 bits per heavy atom. The van der Waals surface area contributed by atoms with Crippen LogP contribution in [-0.2, 0) is 24.4 Å². The summed E-state index contributed by atoms with van der Waals surface area (Å²) in [5.41, 5.74) is 4.85. The van der Waals surface area contributed by atoms with Gasteiger partial charge in [-0.25, -0.2) is 13.1 Å². The molecule has 0 radical (unpaired) electrons. The molecule has 0 spiro atoms. The maximum Gasteiger partial charge on any atom is 0.308 e. The van der Waals surface area contributed by atoms with Crippen LogP contribution in [0.25, 0.3) is 22.2 Å². The number of hydrogen-bond donors (Lipinski definition) is 2. The predicted octanol–water partition coefficient (Wildman–Crippen LogP) is 11.3. The van der Waals surface area contributed by atoms with Gasteiger partial charge in [0, 0.05) is 22.5 Å². The van der Waals surface area contributed by atoms with E-state index in [9.17, 15) is 13.2 Å². The second kappa shape index (κ2) is 24.0. The molecule has 0 bridgehead atoms. The van der Waals surface area contributed by atoms with E-state index in [4.69, 9.17) is 9.57 Å². The lowest BCUT2D eigenvalue weighted by Gasteiger charge is -2.22. The largest absolute Gasteiger partial charge is 0.462 e. The SMILES string of the molecule is C.C=C.CC(C)C(=O)OC1CCCC1.CC(C)C(C)(C)C.CC(C)NS(=O)(=O)C1CC1.CC(C)O/N=C/c1c(-c2ccccc2)[nH]c2ccccc12. The maximum atomic E-state index is 11.1. The summed E-state index contributed by atoms with van der Waals surface area (Å²) in [6.07, 6.45) is 8.34. The van der Waals surface area contributed by atoms with Gasteiger partial charge in [-0.15, -0.1) is 13.2 Å². The van der Waals surface area contributed by atoms with E-state index in [1.165, 1.54) is 12.8 Å². The number of carbonyl (C=O) groups is 1. The Labute approximate surface area is 317 Å². The number of aromatic amines is 1. The summed E-state index contributed by atoms with van der Waals surface area (Å²) >= 11 is 0. The van der Waals surface area contributed by atoms with Crippen molar-refractivity contribution in [2.75, 3.05) is 0 Å². The monoisotopic (exact) mass is 742 g/mol. The van der Waals surface area contributed by atoms with Crippen molar-refractivity contribution in [2.45, 2.75) is 146 Å². The summed E-state index contributed by atoms with van der Waals surface area (Å²) in [6.45, 7) is 28.6. The summed E-state index contributed by atoms with van der Waals surface area (Å²) < 4.78 is 30.0. The Bertz CT molecular complexity index is 1540. The molecule has 2 saturated carbocycles. The molecule has 3 aromatic rings. The van der Waals surface area contributed by atoms with Gasteiger partial charge in [-0.2, -0.15) is 0 Å². The zero-order valence-electron chi connectivity index (χ0n) is 33.3. The average molecular weight is 742 g/mol. The van der Waals surface area contributed by atoms with Crippen LogP contribution >= 0.6 is 0 Å². The number of hydrogen-bond acceptors (Lipinski definition) is 6. The fourth-order valence-electron chi connectivity index (χ4n) is 4.44. The van der Waals surface area contributed by atoms with Crippen LogP contribution in [0.4, 0.5) is 0 Å². The standard InChI is InChI=1S/C18H18N2O.C9H16O2.C7H16.C6H13NO2S.C2H4.CH4/c1-13(2)21-19-12-16-15-10-6-7-11-17(15)20-18(16)14-8-4-3-5-9-14;1-7(2)9(10)11-8-5-3-4-6-8;1-6(2)7(3,4)5;1-5(2)7-10(8,9)6-3-4-6;1-2;/h3-13,20H,1-2H3;7-8H,3-6H2,1-2H3;6H,1-5H3;5-7H,3-4H2,1-2H3;1-2H2;1H4/b19-12+;;;;;. The summed E-state index contributed by atoms with van der Waals surface area (Å²) in [4.78, 5) is 19.9. The van der Waals surface area contributed by atoms with E-state index in [1.54, 1.807) is 6.21 Å². The molecule has 5 rings (SSSR count). The van der Waals surface area contributed by atoms with Gasteiger partial charge in [-0.05, 0) is 89.2 Å². The third-order valence-corrected chi connectivity index (χ3v) is 10.6. The number of benzene rings is 2. The van der Waals surface area contributed by atoms with Gasteiger partial charge in [0.25, 0.3) is 0 Å². The maximum absolute atomic E-state index is 11.1. The third kappa shape index (κ3) is 18.4. The normalized spacial score (nSPS) is 14.4. The molecule has 0 atom stereocenters. The Morgan fingerprint density at radius 3 is 1.87 bits per heavy atom. The smallest absolute Gasteiger partial charge is 0.308 e. The summed E-state index contributed by atoms with van der Waals surface area (Å²) in [7, 11) is -2.94. The molecule has 8 nitrogen and oxygen atoms in total. The van der Waals surface area contributed by atoms with E-state index in [0.29, 0.717) is 5.41 Å². The highest BCUT2D eigenvalue weighted by Crippen LogP contribution is 2.29. The van der Waals surface area contributed by atoms with Crippen LogP contribution in [0.15, 0.2) is 72.9 Å². The van der Waals surface area contributed by atoms with Crippen molar-refractivity contribution in [3.63, 3.8) is 0 Å². The first-order valence-corrected chi connectivity index (χ1v) is 20.0. The number of nitrogens with one attached hydrogen (secondary N) is 2. The number of esters is 1. The second-order valence-corrected chi connectivity index (χ2v) is 17.2. The Kier molecular flexibility index (Phi) is 22.4.